The summed E-state index contributed by atoms with van der Waals surface area (Å²) in [7, 11) is -3.95. The number of hydrogen-bond acceptors (Lipinski definition) is 4. The van der Waals surface area contributed by atoms with Crippen molar-refractivity contribution in [2.75, 3.05) is 22.8 Å². The summed E-state index contributed by atoms with van der Waals surface area (Å²) in [6, 6.07) is 20.4. The van der Waals surface area contributed by atoms with Crippen molar-refractivity contribution in [1.29, 1.82) is 0 Å². The summed E-state index contributed by atoms with van der Waals surface area (Å²) in [5.41, 5.74) is 3.02. The number of aryl methyl sites for hydroxylation is 2. The van der Waals surface area contributed by atoms with E-state index in [9.17, 15) is 13.2 Å². The van der Waals surface area contributed by atoms with Crippen LogP contribution in [-0.2, 0) is 14.8 Å². The van der Waals surface area contributed by atoms with Crippen molar-refractivity contribution in [3.8, 4) is 5.75 Å². The maximum absolute atomic E-state index is 13.4. The Hall–Kier alpha value is -3.32. The molecule has 0 aromatic heterocycles. The first-order chi connectivity index (χ1) is 14.8. The summed E-state index contributed by atoms with van der Waals surface area (Å²) in [6.45, 7) is 5.88. The van der Waals surface area contributed by atoms with Gasteiger partial charge in [-0.2, -0.15) is 0 Å². The first-order valence-electron chi connectivity index (χ1n) is 9.99. The van der Waals surface area contributed by atoms with E-state index in [2.05, 4.69) is 5.32 Å². The zero-order chi connectivity index (χ0) is 22.4. The molecule has 0 heterocycles. The third kappa shape index (κ3) is 5.44. The van der Waals surface area contributed by atoms with Crippen LogP contribution in [0.2, 0.25) is 0 Å². The lowest BCUT2D eigenvalue weighted by molar-refractivity contribution is -0.114. The average molecular weight is 439 g/mol. The third-order valence-electron chi connectivity index (χ3n) is 4.71. The van der Waals surface area contributed by atoms with E-state index >= 15 is 0 Å². The molecule has 31 heavy (non-hydrogen) atoms. The number of benzene rings is 3. The Morgan fingerprint density at radius 3 is 2.26 bits per heavy atom. The van der Waals surface area contributed by atoms with Gasteiger partial charge >= 0.3 is 0 Å². The molecule has 0 spiro atoms. The van der Waals surface area contributed by atoms with Crippen LogP contribution in [0.15, 0.2) is 77.7 Å². The molecule has 0 aliphatic carbocycles. The maximum atomic E-state index is 13.4. The fourth-order valence-corrected chi connectivity index (χ4v) is 4.63. The summed E-state index contributed by atoms with van der Waals surface area (Å²) in [5, 5.41) is 2.82. The maximum Gasteiger partial charge on any atom is 0.264 e. The standard InChI is InChI=1S/C24H26N2O4S/c1-4-30-21-13-11-20(12-14-21)26(31(28,29)22-8-6-5-7-9-22)17-24(27)25-23-15-10-18(2)16-19(23)3/h5-16H,4,17H2,1-3H3,(H,25,27). The monoisotopic (exact) mass is 438 g/mol. The van der Waals surface area contributed by atoms with Crippen LogP contribution in [0.5, 0.6) is 5.75 Å². The van der Waals surface area contributed by atoms with Crippen LogP contribution in [0.25, 0.3) is 0 Å². The van der Waals surface area contributed by atoms with Gasteiger partial charge in [-0.15, -0.1) is 0 Å². The molecule has 0 unspecified atom stereocenters. The fraction of sp³-hybridized carbons (Fsp3) is 0.208. The highest BCUT2D eigenvalue weighted by atomic mass is 32.2. The van der Waals surface area contributed by atoms with Crippen LogP contribution in [0.1, 0.15) is 18.1 Å². The number of ether oxygens (including phenoxy) is 1. The van der Waals surface area contributed by atoms with Gasteiger partial charge in [0.25, 0.3) is 10.0 Å². The number of carbonyl (C=O) groups excluding carboxylic acids is 1. The molecule has 6 nitrogen and oxygen atoms in total. The number of amides is 1. The Kier molecular flexibility index (Phi) is 6.97. The number of carbonyl (C=O) groups is 1. The van der Waals surface area contributed by atoms with Gasteiger partial charge in [-0.3, -0.25) is 9.10 Å². The quantitative estimate of drug-likeness (QED) is 0.560. The van der Waals surface area contributed by atoms with Crippen LogP contribution >= 0.6 is 0 Å². The van der Waals surface area contributed by atoms with Gasteiger partial charge in [0, 0.05) is 5.69 Å². The number of nitrogens with one attached hydrogen (secondary N) is 1. The molecule has 0 aliphatic rings. The lowest BCUT2D eigenvalue weighted by atomic mass is 10.1. The molecule has 3 rings (SSSR count). The topological polar surface area (TPSA) is 75.7 Å². The normalized spacial score (nSPS) is 11.1. The van der Waals surface area contributed by atoms with Crippen LogP contribution in [0.3, 0.4) is 0 Å². The van der Waals surface area contributed by atoms with E-state index in [0.29, 0.717) is 23.7 Å². The van der Waals surface area contributed by atoms with Crippen molar-refractivity contribution in [3.05, 3.63) is 83.9 Å². The number of anilines is 2. The molecule has 0 fully saturated rings. The van der Waals surface area contributed by atoms with E-state index in [0.717, 1.165) is 15.4 Å². The molecule has 0 saturated carbocycles. The predicted octanol–water partition coefficient (Wildman–Crippen LogP) is 4.54. The second-order valence-corrected chi connectivity index (χ2v) is 8.98. The summed E-state index contributed by atoms with van der Waals surface area (Å²) >= 11 is 0. The molecule has 0 aliphatic heterocycles. The summed E-state index contributed by atoms with van der Waals surface area (Å²) in [6.07, 6.45) is 0. The minimum Gasteiger partial charge on any atom is -0.494 e. The molecular weight excluding hydrogens is 412 g/mol. The minimum atomic E-state index is -3.95. The molecular formula is C24H26N2O4S. The van der Waals surface area contributed by atoms with Crippen molar-refractivity contribution in [2.45, 2.75) is 25.7 Å². The van der Waals surface area contributed by atoms with E-state index in [1.54, 1.807) is 42.5 Å². The van der Waals surface area contributed by atoms with E-state index in [4.69, 9.17) is 4.74 Å². The Bertz CT molecular complexity index is 1140. The second kappa shape index (κ2) is 9.66. The largest absolute Gasteiger partial charge is 0.494 e. The smallest absolute Gasteiger partial charge is 0.264 e. The molecule has 3 aromatic rings. The van der Waals surface area contributed by atoms with Gasteiger partial charge in [-0.05, 0) is 68.8 Å². The summed E-state index contributed by atoms with van der Waals surface area (Å²) < 4.78 is 33.3. The highest BCUT2D eigenvalue weighted by Crippen LogP contribution is 2.26. The van der Waals surface area contributed by atoms with Gasteiger partial charge in [0.15, 0.2) is 0 Å². The van der Waals surface area contributed by atoms with Gasteiger partial charge in [0.1, 0.15) is 12.3 Å². The van der Waals surface area contributed by atoms with Crippen molar-refractivity contribution >= 4 is 27.3 Å². The fourth-order valence-electron chi connectivity index (χ4n) is 3.18. The number of nitrogens with zero attached hydrogens (tertiary/aromatic N) is 1. The van der Waals surface area contributed by atoms with Crippen LogP contribution in [0, 0.1) is 13.8 Å². The first kappa shape index (κ1) is 22.4. The van der Waals surface area contributed by atoms with E-state index in [1.807, 2.05) is 39.0 Å². The van der Waals surface area contributed by atoms with Crippen LogP contribution in [0.4, 0.5) is 11.4 Å². The molecule has 3 aromatic carbocycles. The number of rotatable bonds is 8. The van der Waals surface area contributed by atoms with Gasteiger partial charge in [0.05, 0.1) is 17.2 Å². The zero-order valence-electron chi connectivity index (χ0n) is 17.8. The Labute approximate surface area is 183 Å². The SMILES string of the molecule is CCOc1ccc(N(CC(=O)Nc2ccc(C)cc2C)S(=O)(=O)c2ccccc2)cc1. The highest BCUT2D eigenvalue weighted by Gasteiger charge is 2.27. The van der Waals surface area contributed by atoms with E-state index in [1.165, 1.54) is 12.1 Å². The lowest BCUT2D eigenvalue weighted by Crippen LogP contribution is -2.38. The van der Waals surface area contributed by atoms with Gasteiger partial charge in [-0.25, -0.2) is 8.42 Å². The van der Waals surface area contributed by atoms with E-state index in [-0.39, 0.29) is 11.4 Å². The van der Waals surface area contributed by atoms with Gasteiger partial charge in [-0.1, -0.05) is 35.9 Å². The molecule has 1 amide bonds. The lowest BCUT2D eigenvalue weighted by Gasteiger charge is -2.24. The molecule has 0 bridgehead atoms. The molecule has 0 atom stereocenters. The van der Waals surface area contributed by atoms with Crippen molar-refractivity contribution in [3.63, 3.8) is 0 Å². The van der Waals surface area contributed by atoms with E-state index < -0.39 is 15.9 Å². The Morgan fingerprint density at radius 2 is 1.65 bits per heavy atom. The number of sulfonamides is 1. The zero-order valence-corrected chi connectivity index (χ0v) is 18.6. The summed E-state index contributed by atoms with van der Waals surface area (Å²) in [4.78, 5) is 13.0. The molecule has 0 saturated heterocycles. The second-order valence-electron chi connectivity index (χ2n) is 7.12. The molecule has 7 heteroatoms. The first-order valence-corrected chi connectivity index (χ1v) is 11.4. The molecule has 1 N–H and O–H groups in total. The van der Waals surface area contributed by atoms with Crippen molar-refractivity contribution < 1.29 is 17.9 Å². The predicted molar refractivity (Wildman–Crippen MR) is 123 cm³/mol. The van der Waals surface area contributed by atoms with Crippen LogP contribution in [-0.4, -0.2) is 27.5 Å². The average Bonchev–Trinajstić information content (AvgIpc) is 2.75. The Morgan fingerprint density at radius 1 is 0.968 bits per heavy atom. The van der Waals surface area contributed by atoms with Crippen molar-refractivity contribution in [2.24, 2.45) is 0 Å². The molecule has 162 valence electrons. The summed E-state index contributed by atoms with van der Waals surface area (Å²) in [5.74, 6) is 0.198. The minimum absolute atomic E-state index is 0.114. The number of hydrogen-bond donors (Lipinski definition) is 1. The highest BCUT2D eigenvalue weighted by molar-refractivity contribution is 7.92. The van der Waals surface area contributed by atoms with Gasteiger partial charge < -0.3 is 10.1 Å². The van der Waals surface area contributed by atoms with Crippen LogP contribution < -0.4 is 14.4 Å². The molecule has 0 radical (unpaired) electrons. The van der Waals surface area contributed by atoms with Gasteiger partial charge in [0.2, 0.25) is 5.91 Å². The Balaban J connectivity index is 1.92. The third-order valence-corrected chi connectivity index (χ3v) is 6.50. The van der Waals surface area contributed by atoms with Crippen molar-refractivity contribution in [1.82, 2.24) is 0 Å².